The van der Waals surface area contributed by atoms with Crippen molar-refractivity contribution < 1.29 is 36.2 Å². The molecule has 8 heteroatoms. The summed E-state index contributed by atoms with van der Waals surface area (Å²) >= 11 is 0. The Morgan fingerprint density at radius 2 is 1.38 bits per heavy atom. The molecule has 0 aliphatic carbocycles. The van der Waals surface area contributed by atoms with Crippen molar-refractivity contribution in [2.24, 2.45) is 0 Å². The molecule has 0 bridgehead atoms. The molecule has 2 rings (SSSR count). The molecule has 0 aromatic heterocycles. The molecular formula is C18H15F5O3. The molecule has 2 aromatic carbocycles. The highest BCUT2D eigenvalue weighted by Gasteiger charge is 2.25. The Morgan fingerprint density at radius 1 is 0.846 bits per heavy atom. The maximum absolute atomic E-state index is 13.5. The van der Waals surface area contributed by atoms with E-state index in [1.165, 1.54) is 19.2 Å². The zero-order valence-electron chi connectivity index (χ0n) is 13.8. The van der Waals surface area contributed by atoms with Crippen molar-refractivity contribution in [3.05, 3.63) is 64.5 Å². The molecule has 0 aliphatic heterocycles. The van der Waals surface area contributed by atoms with E-state index < -0.39 is 40.6 Å². The molecule has 2 aromatic rings. The zero-order chi connectivity index (χ0) is 19.3. The van der Waals surface area contributed by atoms with E-state index in [1.807, 2.05) is 0 Å². The zero-order valence-corrected chi connectivity index (χ0v) is 13.8. The number of hydrogen-bond donors (Lipinski definition) is 0. The normalized spacial score (nSPS) is 10.7. The van der Waals surface area contributed by atoms with Crippen LogP contribution in [0.2, 0.25) is 0 Å². The number of ether oxygens (including phenoxy) is 2. The minimum absolute atomic E-state index is 0.0553. The van der Waals surface area contributed by atoms with E-state index in [1.54, 1.807) is 12.1 Å². The first-order valence-electron chi connectivity index (χ1n) is 7.68. The monoisotopic (exact) mass is 374 g/mol. The van der Waals surface area contributed by atoms with E-state index in [0.717, 1.165) is 0 Å². The fourth-order valence-electron chi connectivity index (χ4n) is 2.25. The molecule has 140 valence electrons. The van der Waals surface area contributed by atoms with Crippen molar-refractivity contribution in [2.45, 2.75) is 19.3 Å². The number of halogens is 5. The minimum atomic E-state index is -2.18. The third kappa shape index (κ3) is 4.30. The van der Waals surface area contributed by atoms with E-state index in [-0.39, 0.29) is 25.9 Å². The molecule has 3 nitrogen and oxygen atoms in total. The Hall–Kier alpha value is -2.64. The fourth-order valence-corrected chi connectivity index (χ4v) is 2.25. The minimum Gasteiger partial charge on any atom is -0.497 e. The molecule has 0 aliphatic rings. The number of rotatable bonds is 7. The third-order valence-corrected chi connectivity index (χ3v) is 3.68. The molecule has 0 N–H and O–H groups in total. The number of hydrogen-bond acceptors (Lipinski definition) is 3. The van der Waals surface area contributed by atoms with Gasteiger partial charge in [-0.15, -0.1) is 0 Å². The number of methoxy groups -OCH3 is 1. The van der Waals surface area contributed by atoms with E-state index in [9.17, 15) is 26.7 Å². The predicted molar refractivity (Wildman–Crippen MR) is 82.4 cm³/mol. The highest BCUT2D eigenvalue weighted by Crippen LogP contribution is 2.24. The smallest absolute Gasteiger partial charge is 0.338 e. The van der Waals surface area contributed by atoms with Gasteiger partial charge in [0.15, 0.2) is 23.3 Å². The number of esters is 1. The Labute approximate surface area is 146 Å². The number of carbonyl (C=O) groups is 1. The Kier molecular flexibility index (Phi) is 6.54. The van der Waals surface area contributed by atoms with Crippen LogP contribution >= 0.6 is 0 Å². The van der Waals surface area contributed by atoms with Crippen LogP contribution in [-0.4, -0.2) is 19.7 Å². The Bertz CT molecular complexity index is 761. The van der Waals surface area contributed by atoms with E-state index in [2.05, 4.69) is 0 Å². The SMILES string of the molecule is COc1ccc(C(=O)OCCCCc2c(F)c(F)c(F)c(F)c2F)cc1. The van der Waals surface area contributed by atoms with Gasteiger partial charge in [-0.2, -0.15) is 0 Å². The quantitative estimate of drug-likeness (QED) is 0.234. The third-order valence-electron chi connectivity index (χ3n) is 3.68. The molecule has 0 saturated heterocycles. The Morgan fingerprint density at radius 3 is 1.92 bits per heavy atom. The summed E-state index contributed by atoms with van der Waals surface area (Å²) in [5.74, 6) is -9.81. The number of benzene rings is 2. The maximum atomic E-state index is 13.5. The van der Waals surface area contributed by atoms with Crippen molar-refractivity contribution in [3.63, 3.8) is 0 Å². The average molecular weight is 374 g/mol. The lowest BCUT2D eigenvalue weighted by molar-refractivity contribution is 0.0498. The van der Waals surface area contributed by atoms with Gasteiger partial charge < -0.3 is 9.47 Å². The van der Waals surface area contributed by atoms with Crippen LogP contribution in [0.5, 0.6) is 5.75 Å². The average Bonchev–Trinajstić information content (AvgIpc) is 2.66. The van der Waals surface area contributed by atoms with Crippen LogP contribution in [0.3, 0.4) is 0 Å². The maximum Gasteiger partial charge on any atom is 0.338 e. The summed E-state index contributed by atoms with van der Waals surface area (Å²) in [4.78, 5) is 11.8. The van der Waals surface area contributed by atoms with Crippen LogP contribution in [0.4, 0.5) is 22.0 Å². The van der Waals surface area contributed by atoms with Crippen LogP contribution in [-0.2, 0) is 11.2 Å². The molecule has 0 spiro atoms. The summed E-state index contributed by atoms with van der Waals surface area (Å²) in [6, 6.07) is 6.19. The van der Waals surface area contributed by atoms with Gasteiger partial charge in [0.25, 0.3) is 0 Å². The predicted octanol–water partition coefficient (Wildman–Crippen LogP) is 4.57. The molecule has 0 fully saturated rings. The lowest BCUT2D eigenvalue weighted by atomic mass is 10.1. The summed E-state index contributed by atoms with van der Waals surface area (Å²) in [5, 5.41) is 0. The van der Waals surface area contributed by atoms with Gasteiger partial charge in [-0.1, -0.05) is 0 Å². The van der Waals surface area contributed by atoms with E-state index >= 15 is 0 Å². The second-order valence-corrected chi connectivity index (χ2v) is 5.37. The number of unbranched alkanes of at least 4 members (excludes halogenated alkanes) is 1. The van der Waals surface area contributed by atoms with Gasteiger partial charge in [-0.25, -0.2) is 26.7 Å². The lowest BCUT2D eigenvalue weighted by Crippen LogP contribution is -2.09. The van der Waals surface area contributed by atoms with E-state index in [0.29, 0.717) is 11.3 Å². The second-order valence-electron chi connectivity index (χ2n) is 5.37. The second kappa shape index (κ2) is 8.64. The molecular weight excluding hydrogens is 359 g/mol. The summed E-state index contributed by atoms with van der Waals surface area (Å²) in [6.07, 6.45) is -0.0957. The number of carbonyl (C=O) groups excluding carboxylic acids is 1. The fraction of sp³-hybridized carbons (Fsp3) is 0.278. The molecule has 0 unspecified atom stereocenters. The van der Waals surface area contributed by atoms with Crippen molar-refractivity contribution in [3.8, 4) is 5.75 Å². The topological polar surface area (TPSA) is 35.5 Å². The Balaban J connectivity index is 1.85. The first-order chi connectivity index (χ1) is 12.4. The van der Waals surface area contributed by atoms with Gasteiger partial charge in [0.2, 0.25) is 5.82 Å². The largest absolute Gasteiger partial charge is 0.497 e. The molecule has 0 atom stereocenters. The summed E-state index contributed by atoms with van der Waals surface area (Å²) < 4.78 is 76.1. The van der Waals surface area contributed by atoms with Gasteiger partial charge in [-0.3, -0.25) is 0 Å². The summed E-state index contributed by atoms with van der Waals surface area (Å²) in [7, 11) is 1.48. The van der Waals surface area contributed by atoms with Gasteiger partial charge in [-0.05, 0) is 43.5 Å². The van der Waals surface area contributed by atoms with Crippen molar-refractivity contribution in [2.75, 3.05) is 13.7 Å². The highest BCUT2D eigenvalue weighted by molar-refractivity contribution is 5.89. The van der Waals surface area contributed by atoms with Crippen molar-refractivity contribution >= 4 is 5.97 Å². The standard InChI is InChI=1S/C18H15F5O3/c1-25-11-7-5-10(6-8-11)18(24)26-9-3-2-4-12-13(19)15(21)17(23)16(22)14(12)20/h5-8H,2-4,9H2,1H3. The van der Waals surface area contributed by atoms with Gasteiger partial charge in [0.05, 0.1) is 19.3 Å². The van der Waals surface area contributed by atoms with Gasteiger partial charge in [0, 0.05) is 5.56 Å². The lowest BCUT2D eigenvalue weighted by Gasteiger charge is -2.09. The van der Waals surface area contributed by atoms with Crippen LogP contribution < -0.4 is 4.74 Å². The van der Waals surface area contributed by atoms with Gasteiger partial charge >= 0.3 is 5.97 Å². The highest BCUT2D eigenvalue weighted by atomic mass is 19.2. The van der Waals surface area contributed by atoms with Gasteiger partial charge in [0.1, 0.15) is 5.75 Å². The summed E-state index contributed by atoms with van der Waals surface area (Å²) in [5.41, 5.74) is -0.576. The van der Waals surface area contributed by atoms with Crippen LogP contribution in [0.15, 0.2) is 24.3 Å². The molecule has 26 heavy (non-hydrogen) atoms. The molecule has 0 radical (unpaired) electrons. The van der Waals surface area contributed by atoms with Crippen LogP contribution in [0.1, 0.15) is 28.8 Å². The van der Waals surface area contributed by atoms with Crippen LogP contribution in [0.25, 0.3) is 0 Å². The summed E-state index contributed by atoms with van der Waals surface area (Å²) in [6.45, 7) is -0.0553. The van der Waals surface area contributed by atoms with Crippen LogP contribution in [0, 0.1) is 29.1 Å². The first-order valence-corrected chi connectivity index (χ1v) is 7.68. The molecule has 0 saturated carbocycles. The molecule has 0 amide bonds. The van der Waals surface area contributed by atoms with Crippen molar-refractivity contribution in [1.29, 1.82) is 0 Å². The van der Waals surface area contributed by atoms with Crippen molar-refractivity contribution in [1.82, 2.24) is 0 Å². The molecule has 0 heterocycles. The first kappa shape index (κ1) is 19.7. The van der Waals surface area contributed by atoms with E-state index in [4.69, 9.17) is 9.47 Å².